The molecule has 1 heterocycles. The van der Waals surface area contributed by atoms with E-state index in [1.165, 1.54) is 0 Å². The van der Waals surface area contributed by atoms with E-state index in [2.05, 4.69) is 0 Å². The molecule has 0 radical (unpaired) electrons. The monoisotopic (exact) mass is 221 g/mol. The van der Waals surface area contributed by atoms with E-state index in [9.17, 15) is 9.59 Å². The maximum absolute atomic E-state index is 11.7. The summed E-state index contributed by atoms with van der Waals surface area (Å²) < 4.78 is 5.23. The van der Waals surface area contributed by atoms with E-state index in [-0.39, 0.29) is 17.9 Å². The van der Waals surface area contributed by atoms with E-state index in [0.717, 1.165) is 18.4 Å². The number of methoxy groups -OCH3 is 1. The van der Waals surface area contributed by atoms with Gasteiger partial charge in [-0.15, -0.1) is 0 Å². The molecule has 0 aromatic rings. The van der Waals surface area contributed by atoms with Crippen molar-refractivity contribution in [2.75, 3.05) is 13.7 Å². The number of hydrogen-bond donors (Lipinski definition) is 0. The van der Waals surface area contributed by atoms with Crippen LogP contribution in [0.1, 0.15) is 12.8 Å². The summed E-state index contributed by atoms with van der Waals surface area (Å²) in [5.41, 5.74) is 0.854. The van der Waals surface area contributed by atoms with E-state index in [1.54, 1.807) is 12.0 Å². The first kappa shape index (κ1) is 11.1. The Morgan fingerprint density at radius 3 is 3.00 bits per heavy atom. The van der Waals surface area contributed by atoms with Gasteiger partial charge in [-0.25, -0.2) is 0 Å². The van der Waals surface area contributed by atoms with Gasteiger partial charge < -0.3 is 14.4 Å². The van der Waals surface area contributed by atoms with Crippen LogP contribution in [0.3, 0.4) is 0 Å². The molecule has 2 aliphatic rings. The highest BCUT2D eigenvalue weighted by molar-refractivity contribution is 5.84. The zero-order valence-electron chi connectivity index (χ0n) is 9.26. The van der Waals surface area contributed by atoms with Gasteiger partial charge in [-0.1, -0.05) is 6.08 Å². The summed E-state index contributed by atoms with van der Waals surface area (Å²) in [6.45, 7) is 0.495. The maximum Gasteiger partial charge on any atom is 0.227 e. The first-order valence-electron chi connectivity index (χ1n) is 5.41. The van der Waals surface area contributed by atoms with Crippen LogP contribution in [0.5, 0.6) is 0 Å². The van der Waals surface area contributed by atoms with Crippen LogP contribution in [0.2, 0.25) is 0 Å². The lowest BCUT2D eigenvalue weighted by Gasteiger charge is -2.22. The van der Waals surface area contributed by atoms with Gasteiger partial charge in [-0.3, -0.25) is 4.79 Å². The molecule has 1 amide bonds. The average molecular weight is 221 g/mol. The van der Waals surface area contributed by atoms with Gasteiger partial charge in [0.2, 0.25) is 5.91 Å². The van der Waals surface area contributed by atoms with Crippen LogP contribution in [-0.2, 0) is 14.3 Å². The largest absolute Gasteiger partial charge is 0.377 e. The Morgan fingerprint density at radius 2 is 2.38 bits per heavy atom. The normalized spacial score (nSPS) is 29.4. The van der Waals surface area contributed by atoms with E-state index in [1.807, 2.05) is 18.2 Å². The summed E-state index contributed by atoms with van der Waals surface area (Å²) in [6, 6.07) is 0. The molecule has 0 saturated carbocycles. The molecule has 86 valence electrons. The molecule has 2 atom stereocenters. The molecule has 4 nitrogen and oxygen atoms in total. The molecular weight excluding hydrogens is 206 g/mol. The van der Waals surface area contributed by atoms with Crippen molar-refractivity contribution >= 4 is 12.2 Å². The first-order valence-corrected chi connectivity index (χ1v) is 5.41. The van der Waals surface area contributed by atoms with E-state index in [0.29, 0.717) is 13.0 Å². The van der Waals surface area contributed by atoms with Gasteiger partial charge in [0.1, 0.15) is 6.29 Å². The number of hydrogen-bond acceptors (Lipinski definition) is 3. The summed E-state index contributed by atoms with van der Waals surface area (Å²) >= 11 is 0. The summed E-state index contributed by atoms with van der Waals surface area (Å²) in [5, 5.41) is 0. The molecule has 0 N–H and O–H groups in total. The quantitative estimate of drug-likeness (QED) is 0.665. The molecule has 16 heavy (non-hydrogen) atoms. The number of rotatable bonds is 3. The van der Waals surface area contributed by atoms with Gasteiger partial charge in [-0.2, -0.15) is 0 Å². The van der Waals surface area contributed by atoms with Gasteiger partial charge in [-0.05, 0) is 18.6 Å². The summed E-state index contributed by atoms with van der Waals surface area (Å²) in [7, 11) is 1.65. The maximum atomic E-state index is 11.7. The van der Waals surface area contributed by atoms with Crippen LogP contribution in [0.4, 0.5) is 0 Å². The Balaban J connectivity index is 2.13. The zero-order chi connectivity index (χ0) is 11.5. The van der Waals surface area contributed by atoms with Crippen molar-refractivity contribution in [2.24, 2.45) is 5.92 Å². The summed E-state index contributed by atoms with van der Waals surface area (Å²) in [6.07, 6.45) is 7.89. The number of allylic oxidation sites excluding steroid dienone is 1. The first-order chi connectivity index (χ1) is 7.74. The van der Waals surface area contributed by atoms with Crippen LogP contribution >= 0.6 is 0 Å². The topological polar surface area (TPSA) is 46.6 Å². The number of amides is 1. The van der Waals surface area contributed by atoms with Gasteiger partial charge in [0, 0.05) is 31.7 Å². The second-order valence-corrected chi connectivity index (χ2v) is 4.11. The van der Waals surface area contributed by atoms with Crippen LogP contribution in [0.25, 0.3) is 0 Å². The Bertz CT molecular complexity index is 359. The molecule has 0 aromatic carbocycles. The molecule has 2 unspecified atom stereocenters. The minimum absolute atomic E-state index is 0.0183. The van der Waals surface area contributed by atoms with Crippen LogP contribution < -0.4 is 0 Å². The van der Waals surface area contributed by atoms with E-state index < -0.39 is 0 Å². The van der Waals surface area contributed by atoms with Crippen molar-refractivity contribution < 1.29 is 14.3 Å². The summed E-state index contributed by atoms with van der Waals surface area (Å²) in [4.78, 5) is 24.0. The highest BCUT2D eigenvalue weighted by Crippen LogP contribution is 2.24. The molecule has 0 bridgehead atoms. The Hall–Kier alpha value is -1.42. The molecular formula is C12H15NO3. The van der Waals surface area contributed by atoms with E-state index >= 15 is 0 Å². The summed E-state index contributed by atoms with van der Waals surface area (Å²) in [5.74, 6) is -0.144. The fourth-order valence-electron chi connectivity index (χ4n) is 2.06. The molecule has 1 aliphatic carbocycles. The highest BCUT2D eigenvalue weighted by atomic mass is 16.5. The van der Waals surface area contributed by atoms with Gasteiger partial charge in [0.25, 0.3) is 0 Å². The second kappa shape index (κ2) is 4.61. The zero-order valence-corrected chi connectivity index (χ0v) is 9.26. The van der Waals surface area contributed by atoms with Gasteiger partial charge in [0.05, 0.1) is 6.10 Å². The van der Waals surface area contributed by atoms with Crippen molar-refractivity contribution in [2.45, 2.75) is 18.9 Å². The fraction of sp³-hybridized carbons (Fsp3) is 0.500. The minimum Gasteiger partial charge on any atom is -0.377 e. The number of ether oxygens (including phenoxy) is 1. The molecule has 4 heteroatoms. The highest BCUT2D eigenvalue weighted by Gasteiger charge is 2.31. The van der Waals surface area contributed by atoms with Gasteiger partial charge in [0.15, 0.2) is 0 Å². The number of carbonyl (C=O) groups is 2. The molecule has 1 fully saturated rings. The van der Waals surface area contributed by atoms with Crippen molar-refractivity contribution in [3.8, 4) is 0 Å². The lowest BCUT2D eigenvalue weighted by atomic mass is 10.1. The smallest absolute Gasteiger partial charge is 0.227 e. The minimum atomic E-state index is -0.162. The fourth-order valence-corrected chi connectivity index (χ4v) is 2.06. The van der Waals surface area contributed by atoms with Gasteiger partial charge >= 0.3 is 0 Å². The standard InChI is InChI=1S/C12H15NO3/c1-16-11-4-2-3-10(6-11)13-7-9(8-14)5-12(13)15/h2-3,6,8-9,11H,4-5,7H2,1H3. The molecule has 0 spiro atoms. The average Bonchev–Trinajstić information content (AvgIpc) is 2.71. The molecule has 2 rings (SSSR count). The third kappa shape index (κ3) is 2.07. The Kier molecular flexibility index (Phi) is 3.19. The third-order valence-corrected chi connectivity index (χ3v) is 2.98. The molecule has 0 aromatic heterocycles. The van der Waals surface area contributed by atoms with Crippen LogP contribution in [0, 0.1) is 5.92 Å². The van der Waals surface area contributed by atoms with Crippen molar-refractivity contribution in [3.63, 3.8) is 0 Å². The predicted molar refractivity (Wildman–Crippen MR) is 58.5 cm³/mol. The lowest BCUT2D eigenvalue weighted by Crippen LogP contribution is -2.26. The predicted octanol–water partition coefficient (Wildman–Crippen LogP) is 0.893. The lowest BCUT2D eigenvalue weighted by molar-refractivity contribution is -0.126. The van der Waals surface area contributed by atoms with Crippen LogP contribution in [0.15, 0.2) is 23.9 Å². The number of likely N-dealkylation sites (tertiary alicyclic amines) is 1. The number of carbonyl (C=O) groups excluding carboxylic acids is 2. The number of nitrogens with zero attached hydrogens (tertiary/aromatic N) is 1. The SMILES string of the molecule is COC1C=C(N2CC(C=O)CC2=O)C=CC1. The molecule has 1 aliphatic heterocycles. The second-order valence-electron chi connectivity index (χ2n) is 4.11. The Labute approximate surface area is 94.6 Å². The van der Waals surface area contributed by atoms with Crippen molar-refractivity contribution in [1.82, 2.24) is 4.90 Å². The number of aldehydes is 1. The Morgan fingerprint density at radius 1 is 1.56 bits per heavy atom. The third-order valence-electron chi connectivity index (χ3n) is 2.98. The molecule has 1 saturated heterocycles. The van der Waals surface area contributed by atoms with E-state index in [4.69, 9.17) is 4.74 Å². The van der Waals surface area contributed by atoms with Crippen molar-refractivity contribution in [3.05, 3.63) is 23.9 Å². The van der Waals surface area contributed by atoms with Crippen molar-refractivity contribution in [1.29, 1.82) is 0 Å². The van der Waals surface area contributed by atoms with Crippen LogP contribution in [-0.4, -0.2) is 36.9 Å².